The maximum Gasteiger partial charge on any atom is 0.253 e. The summed E-state index contributed by atoms with van der Waals surface area (Å²) in [6.07, 6.45) is 0. The summed E-state index contributed by atoms with van der Waals surface area (Å²) in [7, 11) is 5.49. The smallest absolute Gasteiger partial charge is 0.253 e. The number of nitrogens with one attached hydrogen (secondary N) is 1. The van der Waals surface area contributed by atoms with Gasteiger partial charge in [-0.05, 0) is 36.2 Å². The van der Waals surface area contributed by atoms with Gasteiger partial charge in [-0.25, -0.2) is 4.99 Å². The molecule has 1 N–H and O–H groups in total. The van der Waals surface area contributed by atoms with Gasteiger partial charge in [0.1, 0.15) is 0 Å². The van der Waals surface area contributed by atoms with Gasteiger partial charge in [0.25, 0.3) is 5.91 Å². The molecule has 0 aliphatic carbocycles. The molecular formula is C21H28ClIN4O. The second-order valence-electron chi connectivity index (χ2n) is 6.51. The van der Waals surface area contributed by atoms with Gasteiger partial charge in [-0.2, -0.15) is 0 Å². The van der Waals surface area contributed by atoms with E-state index in [4.69, 9.17) is 16.6 Å². The Morgan fingerprint density at radius 2 is 1.71 bits per heavy atom. The number of benzene rings is 2. The molecule has 0 aliphatic rings. The van der Waals surface area contributed by atoms with Crippen LogP contribution >= 0.6 is 35.6 Å². The summed E-state index contributed by atoms with van der Waals surface area (Å²) in [5.41, 5.74) is 2.78. The minimum atomic E-state index is -0.00198. The Morgan fingerprint density at radius 1 is 1.07 bits per heavy atom. The average Bonchev–Trinajstić information content (AvgIpc) is 2.66. The number of carbonyl (C=O) groups excluding carboxylic acids is 1. The third-order valence-corrected chi connectivity index (χ3v) is 4.45. The molecule has 0 saturated heterocycles. The van der Waals surface area contributed by atoms with E-state index in [0.29, 0.717) is 18.7 Å². The van der Waals surface area contributed by atoms with Crippen molar-refractivity contribution in [3.63, 3.8) is 0 Å². The zero-order valence-corrected chi connectivity index (χ0v) is 19.9. The molecule has 0 unspecified atom stereocenters. The summed E-state index contributed by atoms with van der Waals surface area (Å²) >= 11 is 6.27. The molecule has 2 rings (SSSR count). The molecule has 0 radical (unpaired) electrons. The van der Waals surface area contributed by atoms with Gasteiger partial charge in [-0.1, -0.05) is 41.9 Å². The third kappa shape index (κ3) is 6.98. The van der Waals surface area contributed by atoms with Crippen molar-refractivity contribution in [3.8, 4) is 0 Å². The highest BCUT2D eigenvalue weighted by molar-refractivity contribution is 14.0. The van der Waals surface area contributed by atoms with E-state index in [1.807, 2.05) is 62.5 Å². The van der Waals surface area contributed by atoms with Crippen LogP contribution in [0.5, 0.6) is 0 Å². The molecule has 0 heterocycles. The zero-order chi connectivity index (χ0) is 19.8. The van der Waals surface area contributed by atoms with Crippen LogP contribution in [0.4, 0.5) is 0 Å². The molecule has 28 heavy (non-hydrogen) atoms. The Hall–Kier alpha value is -1.80. The number of halogens is 2. The first kappa shape index (κ1) is 24.2. The maximum absolute atomic E-state index is 12.0. The Balaban J connectivity index is 0.00000392. The molecule has 2 aromatic rings. The Morgan fingerprint density at radius 3 is 2.29 bits per heavy atom. The van der Waals surface area contributed by atoms with Crippen LogP contribution in [0.3, 0.4) is 0 Å². The Kier molecular flexibility index (Phi) is 10.3. The molecule has 152 valence electrons. The topological polar surface area (TPSA) is 47.9 Å². The van der Waals surface area contributed by atoms with E-state index in [1.165, 1.54) is 0 Å². The van der Waals surface area contributed by atoms with Crippen molar-refractivity contribution in [2.75, 3.05) is 27.7 Å². The Labute approximate surface area is 189 Å². The lowest BCUT2D eigenvalue weighted by molar-refractivity contribution is 0.0827. The number of amides is 1. The summed E-state index contributed by atoms with van der Waals surface area (Å²) < 4.78 is 0. The first-order valence-electron chi connectivity index (χ1n) is 8.95. The summed E-state index contributed by atoms with van der Waals surface area (Å²) in [4.78, 5) is 20.3. The number of hydrogen-bond donors (Lipinski definition) is 1. The van der Waals surface area contributed by atoms with Crippen molar-refractivity contribution in [2.24, 2.45) is 4.99 Å². The number of nitrogens with zero attached hydrogens (tertiary/aromatic N) is 3. The van der Waals surface area contributed by atoms with E-state index in [0.717, 1.165) is 28.7 Å². The lowest BCUT2D eigenvalue weighted by atomic mass is 10.1. The zero-order valence-electron chi connectivity index (χ0n) is 16.8. The molecule has 0 bridgehead atoms. The SMILES string of the molecule is CCNC(=NCc1ccc(C(=O)N(C)C)cc1)N(C)Cc1ccccc1Cl.I. The second-order valence-corrected chi connectivity index (χ2v) is 6.92. The van der Waals surface area contributed by atoms with Crippen LogP contribution in [0, 0.1) is 0 Å². The van der Waals surface area contributed by atoms with Crippen molar-refractivity contribution >= 4 is 47.4 Å². The van der Waals surface area contributed by atoms with Gasteiger partial charge in [0.05, 0.1) is 6.54 Å². The molecule has 0 spiro atoms. The van der Waals surface area contributed by atoms with Crippen molar-refractivity contribution in [1.29, 1.82) is 0 Å². The highest BCUT2D eigenvalue weighted by Crippen LogP contribution is 2.16. The van der Waals surface area contributed by atoms with E-state index in [9.17, 15) is 4.79 Å². The van der Waals surface area contributed by atoms with Gasteiger partial charge in [-0.15, -0.1) is 24.0 Å². The molecule has 0 fully saturated rings. The van der Waals surface area contributed by atoms with E-state index in [2.05, 4.69) is 10.2 Å². The quantitative estimate of drug-likeness (QED) is 0.356. The van der Waals surface area contributed by atoms with Crippen LogP contribution in [-0.2, 0) is 13.1 Å². The molecule has 1 amide bonds. The molecule has 0 aliphatic heterocycles. The summed E-state index contributed by atoms with van der Waals surface area (Å²) in [6, 6.07) is 15.4. The fraction of sp³-hybridized carbons (Fsp3) is 0.333. The predicted molar refractivity (Wildman–Crippen MR) is 128 cm³/mol. The minimum absolute atomic E-state index is 0. The van der Waals surface area contributed by atoms with E-state index in [1.54, 1.807) is 19.0 Å². The molecule has 7 heteroatoms. The van der Waals surface area contributed by atoms with E-state index < -0.39 is 0 Å². The minimum Gasteiger partial charge on any atom is -0.357 e. The van der Waals surface area contributed by atoms with Gasteiger partial charge < -0.3 is 15.1 Å². The number of guanidine groups is 1. The van der Waals surface area contributed by atoms with Crippen LogP contribution in [0.1, 0.15) is 28.4 Å². The lowest BCUT2D eigenvalue weighted by Gasteiger charge is -2.22. The molecule has 0 atom stereocenters. The second kappa shape index (κ2) is 11.9. The van der Waals surface area contributed by atoms with Gasteiger partial charge in [0.15, 0.2) is 5.96 Å². The number of carbonyl (C=O) groups is 1. The van der Waals surface area contributed by atoms with Crippen molar-refractivity contribution in [3.05, 3.63) is 70.2 Å². The summed E-state index contributed by atoms with van der Waals surface area (Å²) in [5.74, 6) is 0.809. The summed E-state index contributed by atoms with van der Waals surface area (Å²) in [6.45, 7) is 4.02. The molecule has 5 nitrogen and oxygen atoms in total. The van der Waals surface area contributed by atoms with Crippen LogP contribution in [0.15, 0.2) is 53.5 Å². The van der Waals surface area contributed by atoms with Crippen LogP contribution < -0.4 is 5.32 Å². The highest BCUT2D eigenvalue weighted by atomic mass is 127. The highest BCUT2D eigenvalue weighted by Gasteiger charge is 2.10. The van der Waals surface area contributed by atoms with Gasteiger partial charge >= 0.3 is 0 Å². The number of hydrogen-bond acceptors (Lipinski definition) is 2. The van der Waals surface area contributed by atoms with Crippen LogP contribution in [-0.4, -0.2) is 49.4 Å². The molecular weight excluding hydrogens is 487 g/mol. The largest absolute Gasteiger partial charge is 0.357 e. The third-order valence-electron chi connectivity index (χ3n) is 4.08. The first-order valence-corrected chi connectivity index (χ1v) is 9.33. The number of rotatable bonds is 6. The molecule has 0 aromatic heterocycles. The average molecular weight is 515 g/mol. The van der Waals surface area contributed by atoms with E-state index in [-0.39, 0.29) is 29.9 Å². The van der Waals surface area contributed by atoms with Gasteiger partial charge in [-0.3, -0.25) is 4.79 Å². The fourth-order valence-corrected chi connectivity index (χ4v) is 2.80. The predicted octanol–water partition coefficient (Wildman–Crippen LogP) is 4.26. The van der Waals surface area contributed by atoms with Gasteiger partial charge in [0.2, 0.25) is 0 Å². The van der Waals surface area contributed by atoms with E-state index >= 15 is 0 Å². The molecule has 2 aromatic carbocycles. The summed E-state index contributed by atoms with van der Waals surface area (Å²) in [5, 5.41) is 4.06. The normalized spacial score (nSPS) is 10.8. The van der Waals surface area contributed by atoms with Crippen LogP contribution in [0.25, 0.3) is 0 Å². The van der Waals surface area contributed by atoms with Crippen molar-refractivity contribution in [1.82, 2.24) is 15.1 Å². The van der Waals surface area contributed by atoms with Crippen LogP contribution in [0.2, 0.25) is 5.02 Å². The first-order chi connectivity index (χ1) is 12.9. The monoisotopic (exact) mass is 514 g/mol. The fourth-order valence-electron chi connectivity index (χ4n) is 2.60. The standard InChI is InChI=1S/C21H27ClN4O.HI/c1-5-23-21(26(4)15-18-8-6-7-9-19(18)22)24-14-16-10-12-17(13-11-16)20(27)25(2)3;/h6-13H,5,14-15H2,1-4H3,(H,23,24);1H. The van der Waals surface area contributed by atoms with Gasteiger partial charge in [0, 0.05) is 44.8 Å². The van der Waals surface area contributed by atoms with Crippen molar-refractivity contribution in [2.45, 2.75) is 20.0 Å². The lowest BCUT2D eigenvalue weighted by Crippen LogP contribution is -2.38. The number of aliphatic imine (C=N–C) groups is 1. The molecule has 0 saturated carbocycles. The Bertz CT molecular complexity index is 793. The van der Waals surface area contributed by atoms with Crippen molar-refractivity contribution < 1.29 is 4.79 Å². The maximum atomic E-state index is 12.0.